The molecule has 2 rings (SSSR count). The third-order valence-electron chi connectivity index (χ3n) is 2.42. The summed E-state index contributed by atoms with van der Waals surface area (Å²) in [6.45, 7) is 2.53. The Labute approximate surface area is 113 Å². The summed E-state index contributed by atoms with van der Waals surface area (Å²) in [5, 5.41) is 4.44. The molecule has 0 fully saturated rings. The minimum atomic E-state index is -0.109. The molecule has 88 valence electrons. The highest BCUT2D eigenvalue weighted by Gasteiger charge is 2.18. The number of hydrogen-bond donors (Lipinski definition) is 0. The zero-order chi connectivity index (χ0) is 12.4. The third-order valence-corrected chi connectivity index (χ3v) is 3.22. The number of aryl methyl sites for hydroxylation is 1. The lowest BCUT2D eigenvalue weighted by atomic mass is 10.1. The van der Waals surface area contributed by atoms with E-state index in [4.69, 9.17) is 11.6 Å². The van der Waals surface area contributed by atoms with Crippen LogP contribution in [0.15, 0.2) is 34.9 Å². The zero-order valence-corrected chi connectivity index (χ0v) is 11.5. The van der Waals surface area contributed by atoms with Gasteiger partial charge in [-0.2, -0.15) is 5.10 Å². The molecule has 5 heteroatoms. The van der Waals surface area contributed by atoms with Gasteiger partial charge in [0.1, 0.15) is 5.69 Å². The number of carbonyl (C=O) groups is 1. The van der Waals surface area contributed by atoms with Crippen LogP contribution in [-0.2, 0) is 6.54 Å². The van der Waals surface area contributed by atoms with Crippen molar-refractivity contribution in [1.29, 1.82) is 0 Å². The summed E-state index contributed by atoms with van der Waals surface area (Å²) in [7, 11) is 0. The van der Waals surface area contributed by atoms with Gasteiger partial charge in [-0.25, -0.2) is 0 Å². The predicted molar refractivity (Wildman–Crippen MR) is 70.5 cm³/mol. The Kier molecular flexibility index (Phi) is 3.64. The Bertz CT molecular complexity index is 548. The van der Waals surface area contributed by atoms with E-state index in [0.29, 0.717) is 22.8 Å². The number of carbonyl (C=O) groups excluding carboxylic acids is 1. The molecule has 3 nitrogen and oxygen atoms in total. The second kappa shape index (κ2) is 5.02. The van der Waals surface area contributed by atoms with Gasteiger partial charge in [0, 0.05) is 16.6 Å². The summed E-state index contributed by atoms with van der Waals surface area (Å²) < 4.78 is 2.54. The smallest absolute Gasteiger partial charge is 0.212 e. The summed E-state index contributed by atoms with van der Waals surface area (Å²) in [5.41, 5.74) is 1.04. The average Bonchev–Trinajstić information content (AvgIpc) is 2.70. The first kappa shape index (κ1) is 12.3. The van der Waals surface area contributed by atoms with Gasteiger partial charge in [0.05, 0.1) is 11.2 Å². The van der Waals surface area contributed by atoms with Crippen molar-refractivity contribution in [3.63, 3.8) is 0 Å². The molecule has 0 spiro atoms. The molecule has 1 aromatic carbocycles. The first-order valence-corrected chi connectivity index (χ1v) is 6.32. The van der Waals surface area contributed by atoms with E-state index in [9.17, 15) is 4.79 Å². The number of nitrogens with zero attached hydrogens (tertiary/aromatic N) is 2. The van der Waals surface area contributed by atoms with Crippen molar-refractivity contribution in [1.82, 2.24) is 9.78 Å². The van der Waals surface area contributed by atoms with Crippen LogP contribution in [0.25, 0.3) is 0 Å². The number of halogens is 2. The number of ketones is 1. The SMILES string of the molecule is CCn1ncc(Cl)c1C(=O)c1ccc(Br)cc1. The maximum Gasteiger partial charge on any atom is 0.212 e. The van der Waals surface area contributed by atoms with Crippen molar-refractivity contribution in [3.05, 3.63) is 51.2 Å². The van der Waals surface area contributed by atoms with Crippen LogP contribution in [0.5, 0.6) is 0 Å². The summed E-state index contributed by atoms with van der Waals surface area (Å²) in [5.74, 6) is -0.109. The van der Waals surface area contributed by atoms with E-state index in [1.54, 1.807) is 16.8 Å². The van der Waals surface area contributed by atoms with Gasteiger partial charge in [-0.15, -0.1) is 0 Å². The average molecular weight is 314 g/mol. The van der Waals surface area contributed by atoms with E-state index in [1.165, 1.54) is 6.20 Å². The quantitative estimate of drug-likeness (QED) is 0.812. The molecule has 0 bridgehead atoms. The first-order valence-electron chi connectivity index (χ1n) is 5.15. The largest absolute Gasteiger partial charge is 0.287 e. The van der Waals surface area contributed by atoms with Crippen molar-refractivity contribution in [3.8, 4) is 0 Å². The van der Waals surface area contributed by atoms with E-state index < -0.39 is 0 Å². The van der Waals surface area contributed by atoms with E-state index in [0.717, 1.165) is 4.47 Å². The van der Waals surface area contributed by atoms with Crippen LogP contribution in [0, 0.1) is 0 Å². The zero-order valence-electron chi connectivity index (χ0n) is 9.15. The van der Waals surface area contributed by atoms with E-state index >= 15 is 0 Å². The molecule has 1 heterocycles. The van der Waals surface area contributed by atoms with Gasteiger partial charge in [-0.1, -0.05) is 27.5 Å². The standard InChI is InChI=1S/C12H10BrClN2O/c1-2-16-11(10(14)7-15-16)12(17)8-3-5-9(13)6-4-8/h3-7H,2H2,1H3. The van der Waals surface area contributed by atoms with Crippen LogP contribution in [0.2, 0.25) is 5.02 Å². The fraction of sp³-hybridized carbons (Fsp3) is 0.167. The van der Waals surface area contributed by atoms with E-state index in [1.807, 2.05) is 19.1 Å². The van der Waals surface area contributed by atoms with Gasteiger partial charge >= 0.3 is 0 Å². The molecule has 0 amide bonds. The molecule has 0 aliphatic carbocycles. The molecule has 0 N–H and O–H groups in total. The van der Waals surface area contributed by atoms with Crippen LogP contribution in [0.4, 0.5) is 0 Å². The maximum absolute atomic E-state index is 12.3. The lowest BCUT2D eigenvalue weighted by molar-refractivity contribution is 0.102. The van der Waals surface area contributed by atoms with Crippen molar-refractivity contribution in [2.24, 2.45) is 0 Å². The number of rotatable bonds is 3. The minimum absolute atomic E-state index is 0.109. The van der Waals surface area contributed by atoms with Crippen molar-refractivity contribution in [2.45, 2.75) is 13.5 Å². The van der Waals surface area contributed by atoms with Crippen molar-refractivity contribution >= 4 is 33.3 Å². The Morgan fingerprint density at radius 3 is 2.65 bits per heavy atom. The number of hydrogen-bond acceptors (Lipinski definition) is 2. The summed E-state index contributed by atoms with van der Waals surface area (Å²) >= 11 is 9.32. The van der Waals surface area contributed by atoms with Crippen molar-refractivity contribution < 1.29 is 4.79 Å². The molecule has 1 aromatic heterocycles. The van der Waals surface area contributed by atoms with Gasteiger partial charge in [0.25, 0.3) is 0 Å². The molecule has 0 saturated carbocycles. The molecule has 2 aromatic rings. The molecule has 0 aliphatic heterocycles. The minimum Gasteiger partial charge on any atom is -0.287 e. The molecule has 0 atom stereocenters. The predicted octanol–water partition coefficient (Wildman–Crippen LogP) is 3.55. The number of aromatic nitrogens is 2. The normalized spacial score (nSPS) is 10.5. The summed E-state index contributed by atoms with van der Waals surface area (Å²) in [4.78, 5) is 12.3. The van der Waals surface area contributed by atoms with Crippen molar-refractivity contribution in [2.75, 3.05) is 0 Å². The summed E-state index contributed by atoms with van der Waals surface area (Å²) in [6, 6.07) is 7.17. The highest BCUT2D eigenvalue weighted by molar-refractivity contribution is 9.10. The first-order chi connectivity index (χ1) is 8.13. The fourth-order valence-corrected chi connectivity index (χ4v) is 2.06. The molecule has 17 heavy (non-hydrogen) atoms. The highest BCUT2D eigenvalue weighted by atomic mass is 79.9. The molecule has 0 aliphatic rings. The van der Waals surface area contributed by atoms with Gasteiger partial charge in [0.2, 0.25) is 5.78 Å². The van der Waals surface area contributed by atoms with Crippen LogP contribution < -0.4 is 0 Å². The third kappa shape index (κ3) is 2.42. The second-order valence-electron chi connectivity index (χ2n) is 3.49. The van der Waals surface area contributed by atoms with Gasteiger partial charge in [-0.05, 0) is 31.2 Å². The Balaban J connectivity index is 2.43. The Morgan fingerprint density at radius 2 is 2.06 bits per heavy atom. The maximum atomic E-state index is 12.3. The molecule has 0 unspecified atom stereocenters. The van der Waals surface area contributed by atoms with Crippen LogP contribution in [0.1, 0.15) is 23.0 Å². The van der Waals surface area contributed by atoms with Crippen LogP contribution in [-0.4, -0.2) is 15.6 Å². The lowest BCUT2D eigenvalue weighted by Gasteiger charge is -2.04. The highest BCUT2D eigenvalue weighted by Crippen LogP contribution is 2.20. The Morgan fingerprint density at radius 1 is 1.41 bits per heavy atom. The lowest BCUT2D eigenvalue weighted by Crippen LogP contribution is -2.10. The fourth-order valence-electron chi connectivity index (χ4n) is 1.57. The molecule has 0 radical (unpaired) electrons. The van der Waals surface area contributed by atoms with E-state index in [-0.39, 0.29) is 5.78 Å². The second-order valence-corrected chi connectivity index (χ2v) is 4.82. The summed E-state index contributed by atoms with van der Waals surface area (Å²) in [6.07, 6.45) is 1.50. The van der Waals surface area contributed by atoms with Crippen LogP contribution in [0.3, 0.4) is 0 Å². The van der Waals surface area contributed by atoms with E-state index in [2.05, 4.69) is 21.0 Å². The van der Waals surface area contributed by atoms with Gasteiger partial charge in [0.15, 0.2) is 0 Å². The van der Waals surface area contributed by atoms with Gasteiger partial charge < -0.3 is 0 Å². The van der Waals surface area contributed by atoms with Crippen LogP contribution >= 0.6 is 27.5 Å². The van der Waals surface area contributed by atoms with Gasteiger partial charge in [-0.3, -0.25) is 9.48 Å². The number of benzene rings is 1. The monoisotopic (exact) mass is 312 g/mol. The molecular formula is C12H10BrClN2O. The molecule has 0 saturated heterocycles. The topological polar surface area (TPSA) is 34.9 Å². The molecular weight excluding hydrogens is 304 g/mol. The Hall–Kier alpha value is -1.13.